The minimum atomic E-state index is -0.830. The third-order valence-electron chi connectivity index (χ3n) is 2.94. The van der Waals surface area contributed by atoms with E-state index in [0.29, 0.717) is 6.54 Å². The summed E-state index contributed by atoms with van der Waals surface area (Å²) in [4.78, 5) is 15.3. The molecule has 2 unspecified atom stereocenters. The van der Waals surface area contributed by atoms with Gasteiger partial charge in [0.2, 0.25) is 0 Å². The Labute approximate surface area is 88.5 Å². The number of fused-ring (bicyclic) bond motifs is 1. The molecule has 2 atom stereocenters. The minimum Gasteiger partial charge on any atom is -0.394 e. The highest BCUT2D eigenvalue weighted by Gasteiger charge is 2.38. The Hall–Kier alpha value is -0.850. The number of amides is 2. The van der Waals surface area contributed by atoms with E-state index in [1.165, 1.54) is 0 Å². The van der Waals surface area contributed by atoms with Crippen molar-refractivity contribution in [2.24, 2.45) is 0 Å². The molecule has 0 spiro atoms. The van der Waals surface area contributed by atoms with E-state index < -0.39 is 6.10 Å². The molecule has 2 rings (SSSR count). The molecule has 2 aliphatic heterocycles. The highest BCUT2D eigenvalue weighted by atomic mass is 16.3. The first kappa shape index (κ1) is 10.7. The third-order valence-corrected chi connectivity index (χ3v) is 2.94. The van der Waals surface area contributed by atoms with Crippen LogP contribution in [0.2, 0.25) is 0 Å². The number of hydrogen-bond donors (Lipinski definition) is 3. The number of piperazine rings is 1. The number of carbonyl (C=O) groups is 1. The van der Waals surface area contributed by atoms with Crippen LogP contribution in [0.15, 0.2) is 0 Å². The van der Waals surface area contributed by atoms with Crippen molar-refractivity contribution in [1.29, 1.82) is 0 Å². The van der Waals surface area contributed by atoms with Gasteiger partial charge in [0.05, 0.1) is 25.3 Å². The van der Waals surface area contributed by atoms with Crippen molar-refractivity contribution in [2.75, 3.05) is 39.3 Å². The lowest BCUT2D eigenvalue weighted by atomic mass is 10.2. The monoisotopic (exact) mass is 215 g/mol. The molecule has 0 bridgehead atoms. The number of urea groups is 1. The molecule has 15 heavy (non-hydrogen) atoms. The number of nitrogens with zero attached hydrogens (tertiary/aromatic N) is 2. The second kappa shape index (κ2) is 4.34. The zero-order chi connectivity index (χ0) is 10.8. The van der Waals surface area contributed by atoms with Crippen LogP contribution >= 0.6 is 0 Å². The summed E-state index contributed by atoms with van der Waals surface area (Å²) in [5, 5.41) is 21.2. The molecule has 2 saturated heterocycles. The zero-order valence-electron chi connectivity index (χ0n) is 8.59. The van der Waals surface area contributed by atoms with Gasteiger partial charge >= 0.3 is 6.03 Å². The summed E-state index contributed by atoms with van der Waals surface area (Å²) in [6.45, 7) is 2.95. The first-order chi connectivity index (χ1) is 7.22. The SMILES string of the molecule is O=C1N(CC(O)CO)CC2CNCCN12. The standard InChI is InChI=1S/C9H17N3O3/c13-6-8(14)5-11-4-7-3-10-1-2-12(7)9(11)15/h7-8,10,13-14H,1-6H2. The average molecular weight is 215 g/mol. The van der Waals surface area contributed by atoms with E-state index in [0.717, 1.165) is 19.6 Å². The molecule has 3 N–H and O–H groups in total. The second-order valence-electron chi connectivity index (χ2n) is 4.08. The van der Waals surface area contributed by atoms with Gasteiger partial charge in [-0.15, -0.1) is 0 Å². The van der Waals surface area contributed by atoms with Crippen LogP contribution in [0.3, 0.4) is 0 Å². The van der Waals surface area contributed by atoms with Crippen molar-refractivity contribution in [3.8, 4) is 0 Å². The number of rotatable bonds is 3. The topological polar surface area (TPSA) is 76.0 Å². The summed E-state index contributed by atoms with van der Waals surface area (Å²) in [6, 6.07) is 0.200. The molecule has 0 aromatic carbocycles. The fourth-order valence-corrected chi connectivity index (χ4v) is 2.15. The summed E-state index contributed by atoms with van der Waals surface area (Å²) in [5.41, 5.74) is 0. The molecule has 0 aromatic heterocycles. The fraction of sp³-hybridized carbons (Fsp3) is 0.889. The van der Waals surface area contributed by atoms with Crippen LogP contribution in [0, 0.1) is 0 Å². The van der Waals surface area contributed by atoms with Gasteiger partial charge in [-0.2, -0.15) is 0 Å². The summed E-state index contributed by atoms with van der Waals surface area (Å²) < 4.78 is 0. The molecule has 0 aliphatic carbocycles. The van der Waals surface area contributed by atoms with Crippen LogP contribution in [0.25, 0.3) is 0 Å². The molecular formula is C9H17N3O3. The average Bonchev–Trinajstić information content (AvgIpc) is 2.57. The molecule has 0 aromatic rings. The van der Waals surface area contributed by atoms with Gasteiger partial charge in [-0.1, -0.05) is 0 Å². The van der Waals surface area contributed by atoms with Gasteiger partial charge in [-0.25, -0.2) is 4.79 Å². The molecule has 2 fully saturated rings. The third kappa shape index (κ3) is 2.06. The van der Waals surface area contributed by atoms with E-state index in [-0.39, 0.29) is 25.2 Å². The van der Waals surface area contributed by atoms with Gasteiger partial charge in [0.15, 0.2) is 0 Å². The molecule has 0 radical (unpaired) electrons. The van der Waals surface area contributed by atoms with Gasteiger partial charge in [-0.05, 0) is 0 Å². The fourth-order valence-electron chi connectivity index (χ4n) is 2.15. The largest absolute Gasteiger partial charge is 0.394 e. The van der Waals surface area contributed by atoms with E-state index in [1.54, 1.807) is 4.90 Å². The number of hydrogen-bond acceptors (Lipinski definition) is 4. The highest BCUT2D eigenvalue weighted by Crippen LogP contribution is 2.17. The number of nitrogens with one attached hydrogen (secondary N) is 1. The van der Waals surface area contributed by atoms with Crippen molar-refractivity contribution in [3.05, 3.63) is 0 Å². The van der Waals surface area contributed by atoms with E-state index in [1.807, 2.05) is 4.90 Å². The van der Waals surface area contributed by atoms with Crippen molar-refractivity contribution < 1.29 is 15.0 Å². The van der Waals surface area contributed by atoms with Crippen molar-refractivity contribution in [3.63, 3.8) is 0 Å². The Morgan fingerprint density at radius 2 is 2.40 bits per heavy atom. The smallest absolute Gasteiger partial charge is 0.320 e. The van der Waals surface area contributed by atoms with Crippen molar-refractivity contribution in [1.82, 2.24) is 15.1 Å². The maximum Gasteiger partial charge on any atom is 0.320 e. The van der Waals surface area contributed by atoms with Crippen LogP contribution in [-0.4, -0.2) is 77.5 Å². The van der Waals surface area contributed by atoms with E-state index >= 15 is 0 Å². The highest BCUT2D eigenvalue weighted by molar-refractivity contribution is 5.77. The lowest BCUT2D eigenvalue weighted by molar-refractivity contribution is 0.0716. The van der Waals surface area contributed by atoms with Gasteiger partial charge in [0.1, 0.15) is 0 Å². The number of aliphatic hydroxyl groups excluding tert-OH is 2. The lowest BCUT2D eigenvalue weighted by Gasteiger charge is -2.28. The molecule has 6 nitrogen and oxygen atoms in total. The van der Waals surface area contributed by atoms with Crippen LogP contribution in [0.1, 0.15) is 0 Å². The van der Waals surface area contributed by atoms with Gasteiger partial charge in [0, 0.05) is 26.2 Å². The Morgan fingerprint density at radius 1 is 1.60 bits per heavy atom. The Bertz CT molecular complexity index is 249. The Balaban J connectivity index is 1.95. The van der Waals surface area contributed by atoms with E-state index in [2.05, 4.69) is 5.32 Å². The Kier molecular flexibility index (Phi) is 3.08. The van der Waals surface area contributed by atoms with Crippen LogP contribution in [0.5, 0.6) is 0 Å². The molecule has 2 aliphatic rings. The first-order valence-electron chi connectivity index (χ1n) is 5.27. The number of aliphatic hydroxyl groups is 2. The zero-order valence-corrected chi connectivity index (χ0v) is 8.59. The molecule has 2 amide bonds. The predicted octanol–water partition coefficient (Wildman–Crippen LogP) is -1.95. The minimum absolute atomic E-state index is 0.0194. The van der Waals surface area contributed by atoms with Crippen molar-refractivity contribution >= 4 is 6.03 Å². The summed E-state index contributed by atoms with van der Waals surface area (Å²) in [7, 11) is 0. The lowest BCUT2D eigenvalue weighted by Crippen LogP contribution is -2.50. The maximum absolute atomic E-state index is 11.8. The second-order valence-corrected chi connectivity index (χ2v) is 4.08. The Morgan fingerprint density at radius 3 is 3.07 bits per heavy atom. The van der Waals surface area contributed by atoms with Gasteiger partial charge < -0.3 is 25.3 Å². The van der Waals surface area contributed by atoms with E-state index in [4.69, 9.17) is 5.11 Å². The number of carbonyl (C=O) groups excluding carboxylic acids is 1. The van der Waals surface area contributed by atoms with Crippen LogP contribution in [-0.2, 0) is 0 Å². The molecular weight excluding hydrogens is 198 g/mol. The number of β-amino-alcohol motifs (C(OH)–C–C–N with tert-alkyl or cyclic N) is 1. The van der Waals surface area contributed by atoms with Gasteiger partial charge in [0.25, 0.3) is 0 Å². The quantitative estimate of drug-likeness (QED) is 0.511. The molecule has 6 heteroatoms. The van der Waals surface area contributed by atoms with E-state index in [9.17, 15) is 9.90 Å². The summed E-state index contributed by atoms with van der Waals surface area (Å²) >= 11 is 0. The molecule has 86 valence electrons. The predicted molar refractivity (Wildman–Crippen MR) is 53.4 cm³/mol. The summed E-state index contributed by atoms with van der Waals surface area (Å²) in [5.74, 6) is 0. The van der Waals surface area contributed by atoms with Crippen molar-refractivity contribution in [2.45, 2.75) is 12.1 Å². The summed E-state index contributed by atoms with van der Waals surface area (Å²) in [6.07, 6.45) is -0.830. The van der Waals surface area contributed by atoms with Crippen LogP contribution in [0.4, 0.5) is 4.79 Å². The van der Waals surface area contributed by atoms with Crippen LogP contribution < -0.4 is 5.32 Å². The normalized spacial score (nSPS) is 28.1. The maximum atomic E-state index is 11.8. The molecule has 2 heterocycles. The first-order valence-corrected chi connectivity index (χ1v) is 5.27. The molecule has 0 saturated carbocycles. The van der Waals surface area contributed by atoms with Gasteiger partial charge in [-0.3, -0.25) is 0 Å².